The van der Waals surface area contributed by atoms with Crippen molar-refractivity contribution in [2.75, 3.05) is 32.7 Å². The molecule has 0 bridgehead atoms. The van der Waals surface area contributed by atoms with Crippen molar-refractivity contribution >= 4 is 5.91 Å². The molecule has 6 nitrogen and oxygen atoms in total. The molecule has 8 heteroatoms. The van der Waals surface area contributed by atoms with Crippen LogP contribution in [0.5, 0.6) is 0 Å². The van der Waals surface area contributed by atoms with Crippen molar-refractivity contribution in [3.63, 3.8) is 0 Å². The number of benzene rings is 3. The molecule has 4 N–H and O–H groups in total. The first-order valence-electron chi connectivity index (χ1n) is 15.5. The largest absolute Gasteiger partial charge is 0.390 e. The number of carbonyl (C=O) groups is 1. The summed E-state index contributed by atoms with van der Waals surface area (Å²) in [7, 11) is 0. The average molecular weight is 595 g/mol. The highest BCUT2D eigenvalue weighted by molar-refractivity contribution is 5.94. The normalized spacial score (nSPS) is 12.8. The Balaban J connectivity index is 1.67. The molecule has 0 radical (unpaired) electrons. The van der Waals surface area contributed by atoms with Crippen LogP contribution in [-0.2, 0) is 25.9 Å². The Bertz CT molecular complexity index is 1280. The lowest BCUT2D eigenvalue weighted by molar-refractivity contribution is 0.0829. The van der Waals surface area contributed by atoms with E-state index in [4.69, 9.17) is 0 Å². The molecule has 3 aromatic rings. The molecule has 0 aliphatic heterocycles. The number of aliphatic hydroxyl groups is 1. The second kappa shape index (κ2) is 17.8. The van der Waals surface area contributed by atoms with Gasteiger partial charge in [-0.3, -0.25) is 4.79 Å². The van der Waals surface area contributed by atoms with Crippen molar-refractivity contribution in [1.29, 1.82) is 0 Å². The third kappa shape index (κ3) is 11.8. The average Bonchev–Trinajstić information content (AvgIpc) is 2.98. The van der Waals surface area contributed by atoms with Crippen LogP contribution in [0.2, 0.25) is 0 Å². The summed E-state index contributed by atoms with van der Waals surface area (Å²) in [6.07, 6.45) is 1.05. The summed E-state index contributed by atoms with van der Waals surface area (Å²) in [6.45, 7) is 13.7. The predicted molar refractivity (Wildman–Crippen MR) is 170 cm³/mol. The van der Waals surface area contributed by atoms with Crippen molar-refractivity contribution in [2.24, 2.45) is 0 Å². The van der Waals surface area contributed by atoms with Crippen molar-refractivity contribution in [3.8, 4) is 0 Å². The molecule has 0 saturated carbocycles. The molecule has 0 aliphatic rings. The fraction of sp³-hybridized carbons (Fsp3) is 0.457. The number of nitrogens with zero attached hydrogens (tertiary/aromatic N) is 1. The summed E-state index contributed by atoms with van der Waals surface area (Å²) >= 11 is 0. The zero-order valence-corrected chi connectivity index (χ0v) is 26.1. The Morgan fingerprint density at radius 1 is 0.860 bits per heavy atom. The SMILES string of the molecule is CCc1cccc(CNC[C@@H](O)[C@H](Cc2cc(F)cc(F)c2)NC(=O)c2cc(C)cc(CNCCCN(CC)CC)c2)c1. The van der Waals surface area contributed by atoms with Gasteiger partial charge < -0.3 is 26.0 Å². The maximum atomic E-state index is 14.0. The minimum absolute atomic E-state index is 0.0708. The maximum Gasteiger partial charge on any atom is 0.251 e. The number of aryl methyl sites for hydroxylation is 2. The number of hydrogen-bond acceptors (Lipinski definition) is 5. The summed E-state index contributed by atoms with van der Waals surface area (Å²) in [6, 6.07) is 16.4. The highest BCUT2D eigenvalue weighted by Gasteiger charge is 2.23. The second-order valence-corrected chi connectivity index (χ2v) is 11.2. The number of amides is 1. The van der Waals surface area contributed by atoms with E-state index in [-0.39, 0.29) is 18.9 Å². The van der Waals surface area contributed by atoms with Crippen LogP contribution in [0, 0.1) is 18.6 Å². The molecule has 0 heterocycles. The topological polar surface area (TPSA) is 76.6 Å². The van der Waals surface area contributed by atoms with Crippen LogP contribution >= 0.6 is 0 Å². The van der Waals surface area contributed by atoms with E-state index in [1.54, 1.807) is 0 Å². The molecule has 0 spiro atoms. The van der Waals surface area contributed by atoms with E-state index in [0.717, 1.165) is 61.8 Å². The Morgan fingerprint density at radius 2 is 1.56 bits per heavy atom. The molecule has 3 rings (SSSR count). The van der Waals surface area contributed by atoms with Crippen LogP contribution < -0.4 is 16.0 Å². The molecule has 0 unspecified atom stereocenters. The van der Waals surface area contributed by atoms with Crippen molar-refractivity contribution in [1.82, 2.24) is 20.9 Å². The first-order chi connectivity index (χ1) is 20.7. The first kappa shape index (κ1) is 34.3. The van der Waals surface area contributed by atoms with Crippen LogP contribution in [0.3, 0.4) is 0 Å². The molecular formula is C35H48F2N4O2. The minimum Gasteiger partial charge on any atom is -0.390 e. The number of aliphatic hydroxyl groups excluding tert-OH is 1. The van der Waals surface area contributed by atoms with Crippen LogP contribution in [0.15, 0.2) is 60.7 Å². The lowest BCUT2D eigenvalue weighted by Gasteiger charge is -2.25. The van der Waals surface area contributed by atoms with E-state index in [2.05, 4.69) is 53.8 Å². The van der Waals surface area contributed by atoms with Gasteiger partial charge in [-0.2, -0.15) is 0 Å². The van der Waals surface area contributed by atoms with E-state index in [1.165, 1.54) is 17.7 Å². The molecule has 3 aromatic carbocycles. The van der Waals surface area contributed by atoms with E-state index >= 15 is 0 Å². The second-order valence-electron chi connectivity index (χ2n) is 11.2. The molecule has 0 saturated heterocycles. The number of carbonyl (C=O) groups excluding carboxylic acids is 1. The summed E-state index contributed by atoms with van der Waals surface area (Å²) in [4.78, 5) is 15.8. The van der Waals surface area contributed by atoms with Gasteiger partial charge in [0.15, 0.2) is 0 Å². The molecule has 0 fully saturated rings. The highest BCUT2D eigenvalue weighted by Crippen LogP contribution is 2.15. The molecule has 0 aromatic heterocycles. The van der Waals surface area contributed by atoms with Crippen LogP contribution in [0.25, 0.3) is 0 Å². The van der Waals surface area contributed by atoms with E-state index in [1.807, 2.05) is 37.3 Å². The van der Waals surface area contributed by atoms with Gasteiger partial charge in [-0.05, 0) is 98.9 Å². The quantitative estimate of drug-likeness (QED) is 0.153. The number of nitrogens with one attached hydrogen (secondary N) is 3. The maximum absolute atomic E-state index is 14.0. The van der Waals surface area contributed by atoms with Gasteiger partial charge in [-0.1, -0.05) is 56.7 Å². The van der Waals surface area contributed by atoms with Crippen LogP contribution in [0.4, 0.5) is 8.78 Å². The van der Waals surface area contributed by atoms with Gasteiger partial charge in [-0.15, -0.1) is 0 Å². The van der Waals surface area contributed by atoms with E-state index in [0.29, 0.717) is 24.2 Å². The molecule has 1 amide bonds. The number of rotatable bonds is 18. The van der Waals surface area contributed by atoms with Gasteiger partial charge in [0, 0.05) is 31.3 Å². The van der Waals surface area contributed by atoms with Gasteiger partial charge >= 0.3 is 0 Å². The van der Waals surface area contributed by atoms with Crippen molar-refractivity contribution in [3.05, 3.63) is 106 Å². The van der Waals surface area contributed by atoms with E-state index in [9.17, 15) is 18.7 Å². The molecule has 0 aliphatic carbocycles. The summed E-state index contributed by atoms with van der Waals surface area (Å²) in [5.41, 5.74) is 5.10. The molecule has 43 heavy (non-hydrogen) atoms. The van der Waals surface area contributed by atoms with E-state index < -0.39 is 23.8 Å². The lowest BCUT2D eigenvalue weighted by Crippen LogP contribution is -2.48. The van der Waals surface area contributed by atoms with Gasteiger partial charge in [0.05, 0.1) is 12.1 Å². The molecular weight excluding hydrogens is 546 g/mol. The predicted octanol–water partition coefficient (Wildman–Crippen LogP) is 5.15. The standard InChI is InChI=1S/C35H48F2N4O2/c1-5-26-10-8-11-27(16-26)22-39-24-34(42)33(20-28-18-31(36)21-32(37)19-28)40-35(43)30-15-25(4)14-29(17-30)23-38-12-9-13-41(6-2)7-3/h8,10-11,14-19,21,33-34,38-39,42H,5-7,9,12-13,20,22-24H2,1-4H3,(H,40,43)/t33-,34+/m0/s1. The highest BCUT2D eigenvalue weighted by atomic mass is 19.1. The molecule has 2 atom stereocenters. The zero-order valence-electron chi connectivity index (χ0n) is 26.1. The fourth-order valence-electron chi connectivity index (χ4n) is 5.28. The number of halogens is 2. The minimum atomic E-state index is -0.999. The van der Waals surface area contributed by atoms with Gasteiger partial charge in [0.25, 0.3) is 5.91 Å². The fourth-order valence-corrected chi connectivity index (χ4v) is 5.28. The Hall–Kier alpha value is -3.17. The number of hydrogen-bond donors (Lipinski definition) is 4. The summed E-state index contributed by atoms with van der Waals surface area (Å²) < 4.78 is 27.9. The third-order valence-corrected chi connectivity index (χ3v) is 7.69. The molecule has 234 valence electrons. The monoisotopic (exact) mass is 594 g/mol. The lowest BCUT2D eigenvalue weighted by atomic mass is 9.99. The Morgan fingerprint density at radius 3 is 2.26 bits per heavy atom. The van der Waals surface area contributed by atoms with Gasteiger partial charge in [0.1, 0.15) is 11.6 Å². The van der Waals surface area contributed by atoms with Gasteiger partial charge in [-0.25, -0.2) is 8.78 Å². The Kier molecular flexibility index (Phi) is 14.2. The van der Waals surface area contributed by atoms with Crippen molar-refractivity contribution in [2.45, 2.75) is 72.2 Å². The van der Waals surface area contributed by atoms with Crippen LogP contribution in [0.1, 0.15) is 65.4 Å². The summed E-state index contributed by atoms with van der Waals surface area (Å²) in [5.74, 6) is -1.74. The van der Waals surface area contributed by atoms with Gasteiger partial charge in [0.2, 0.25) is 0 Å². The first-order valence-corrected chi connectivity index (χ1v) is 15.5. The third-order valence-electron chi connectivity index (χ3n) is 7.69. The zero-order chi connectivity index (χ0) is 31.2. The Labute approximate surface area is 255 Å². The van der Waals surface area contributed by atoms with Crippen molar-refractivity contribution < 1.29 is 18.7 Å². The summed E-state index contributed by atoms with van der Waals surface area (Å²) in [5, 5.41) is 20.8. The smallest absolute Gasteiger partial charge is 0.251 e. The van der Waals surface area contributed by atoms with Crippen LogP contribution in [-0.4, -0.2) is 60.8 Å².